The molecule has 0 aliphatic carbocycles. The normalized spacial score (nSPS) is 11.7. The maximum atomic E-state index is 10.5. The number of unbranched alkanes of at least 4 members (excludes halogenated alkanes) is 5. The molecule has 4 heteroatoms. The van der Waals surface area contributed by atoms with Crippen molar-refractivity contribution in [2.24, 2.45) is 0 Å². The molecule has 0 aliphatic rings. The van der Waals surface area contributed by atoms with Gasteiger partial charge in [0.15, 0.2) is 0 Å². The van der Waals surface area contributed by atoms with E-state index in [-0.39, 0.29) is 0 Å². The molecular weight excluding hydrogens is 288 g/mol. The first-order valence-electron chi connectivity index (χ1n) is 8.62. The van der Waals surface area contributed by atoms with Gasteiger partial charge in [0.1, 0.15) is 6.04 Å². The molecular formula is C19H28N2O2. The molecule has 1 unspecified atom stereocenters. The van der Waals surface area contributed by atoms with Crippen LogP contribution in [-0.2, 0) is 12.8 Å². The Kier molecular flexibility index (Phi) is 9.54. The summed E-state index contributed by atoms with van der Waals surface area (Å²) in [5.74, 6) is 0. The van der Waals surface area contributed by atoms with Gasteiger partial charge in [0.25, 0.3) is 0 Å². The number of carbonyl (C=O) groups is 1. The highest BCUT2D eigenvalue weighted by atomic mass is 16.4. The number of nitrogens with zero attached hydrogens (tertiary/aromatic N) is 1. The summed E-state index contributed by atoms with van der Waals surface area (Å²) in [5, 5.41) is 19.7. The summed E-state index contributed by atoms with van der Waals surface area (Å²) in [4.78, 5) is 10.5. The lowest BCUT2D eigenvalue weighted by atomic mass is 10.0. The number of amides is 1. The second-order valence-electron chi connectivity index (χ2n) is 6.00. The first-order valence-corrected chi connectivity index (χ1v) is 8.62. The average Bonchev–Trinajstić information content (AvgIpc) is 2.55. The number of carboxylic acid groups (broad SMARTS) is 1. The molecule has 0 aromatic heterocycles. The second kappa shape index (κ2) is 11.5. The Morgan fingerprint density at radius 3 is 2.22 bits per heavy atom. The van der Waals surface area contributed by atoms with Gasteiger partial charge in [-0.05, 0) is 36.8 Å². The number of nitrogens with one attached hydrogen (secondary N) is 1. The maximum Gasteiger partial charge on any atom is 0.405 e. The van der Waals surface area contributed by atoms with Gasteiger partial charge in [-0.1, -0.05) is 63.3 Å². The Morgan fingerprint density at radius 2 is 1.65 bits per heavy atom. The van der Waals surface area contributed by atoms with Gasteiger partial charge in [0.2, 0.25) is 0 Å². The minimum atomic E-state index is -1.15. The monoisotopic (exact) mass is 316 g/mol. The van der Waals surface area contributed by atoms with E-state index in [4.69, 9.17) is 10.4 Å². The fourth-order valence-electron chi connectivity index (χ4n) is 2.61. The zero-order valence-corrected chi connectivity index (χ0v) is 14.1. The van der Waals surface area contributed by atoms with E-state index in [1.807, 2.05) is 6.07 Å². The predicted octanol–water partition coefficient (Wildman–Crippen LogP) is 4.68. The molecule has 1 aromatic rings. The van der Waals surface area contributed by atoms with Crippen LogP contribution in [-0.4, -0.2) is 17.2 Å². The molecule has 126 valence electrons. The van der Waals surface area contributed by atoms with Crippen LogP contribution in [0.1, 0.15) is 63.0 Å². The molecule has 1 atom stereocenters. The molecule has 23 heavy (non-hydrogen) atoms. The highest BCUT2D eigenvalue weighted by Crippen LogP contribution is 2.12. The number of aryl methyl sites for hydroxylation is 2. The summed E-state index contributed by atoms with van der Waals surface area (Å²) in [6, 6.07) is 9.79. The first-order chi connectivity index (χ1) is 11.2. The van der Waals surface area contributed by atoms with Gasteiger partial charge >= 0.3 is 6.09 Å². The second-order valence-corrected chi connectivity index (χ2v) is 6.00. The molecule has 0 spiro atoms. The van der Waals surface area contributed by atoms with Gasteiger partial charge in [-0.3, -0.25) is 0 Å². The van der Waals surface area contributed by atoms with Crippen LogP contribution in [0.4, 0.5) is 4.79 Å². The van der Waals surface area contributed by atoms with Crippen LogP contribution in [0.2, 0.25) is 0 Å². The van der Waals surface area contributed by atoms with Crippen LogP contribution >= 0.6 is 0 Å². The van der Waals surface area contributed by atoms with Crippen molar-refractivity contribution in [3.05, 3.63) is 35.4 Å². The van der Waals surface area contributed by atoms with Crippen molar-refractivity contribution >= 4 is 6.09 Å². The Labute approximate surface area is 139 Å². The van der Waals surface area contributed by atoms with E-state index in [9.17, 15) is 4.79 Å². The van der Waals surface area contributed by atoms with Crippen molar-refractivity contribution in [2.45, 2.75) is 70.8 Å². The molecule has 0 fully saturated rings. The zero-order chi connectivity index (χ0) is 16.9. The molecule has 0 aliphatic heterocycles. The van der Waals surface area contributed by atoms with E-state index >= 15 is 0 Å². The molecule has 1 aromatic carbocycles. The molecule has 2 N–H and O–H groups in total. The van der Waals surface area contributed by atoms with E-state index in [2.05, 4.69) is 36.5 Å². The Balaban J connectivity index is 2.27. The van der Waals surface area contributed by atoms with Crippen LogP contribution in [0.5, 0.6) is 0 Å². The molecule has 0 saturated heterocycles. The summed E-state index contributed by atoms with van der Waals surface area (Å²) in [5.41, 5.74) is 2.49. The zero-order valence-electron chi connectivity index (χ0n) is 14.1. The van der Waals surface area contributed by atoms with Crippen LogP contribution in [0, 0.1) is 11.3 Å². The molecule has 0 bridgehead atoms. The molecule has 0 radical (unpaired) electrons. The van der Waals surface area contributed by atoms with Crippen LogP contribution in [0.3, 0.4) is 0 Å². The fraction of sp³-hybridized carbons (Fsp3) is 0.579. The van der Waals surface area contributed by atoms with Gasteiger partial charge in [0.05, 0.1) is 6.07 Å². The third kappa shape index (κ3) is 8.87. The number of nitriles is 1. The minimum absolute atomic E-state index is 0.500. The van der Waals surface area contributed by atoms with Crippen molar-refractivity contribution in [3.63, 3.8) is 0 Å². The summed E-state index contributed by atoms with van der Waals surface area (Å²) in [6.07, 6.45) is 9.02. The largest absolute Gasteiger partial charge is 0.465 e. The topological polar surface area (TPSA) is 73.1 Å². The Bertz CT molecular complexity index is 491. The SMILES string of the molecule is CCCCCCCCc1ccc(CCC(C#N)NC(=O)O)cc1. The highest BCUT2D eigenvalue weighted by Gasteiger charge is 2.09. The van der Waals surface area contributed by atoms with Crippen LogP contribution in [0.15, 0.2) is 24.3 Å². The Morgan fingerprint density at radius 1 is 1.09 bits per heavy atom. The van der Waals surface area contributed by atoms with E-state index in [1.165, 1.54) is 44.1 Å². The first kappa shape index (κ1) is 19.0. The smallest absolute Gasteiger partial charge is 0.405 e. The van der Waals surface area contributed by atoms with Crippen molar-refractivity contribution in [1.29, 1.82) is 5.26 Å². The molecule has 4 nitrogen and oxygen atoms in total. The third-order valence-corrected chi connectivity index (χ3v) is 4.02. The number of rotatable bonds is 11. The molecule has 1 amide bonds. The lowest BCUT2D eigenvalue weighted by molar-refractivity contribution is 0.192. The standard InChI is InChI=1S/C19H28N2O2/c1-2-3-4-5-6-7-8-16-9-11-17(12-10-16)13-14-18(15-20)21-19(22)23/h9-12,18,21H,2-8,13-14H2,1H3,(H,22,23). The van der Waals surface area contributed by atoms with Gasteiger partial charge in [-0.2, -0.15) is 5.26 Å². The van der Waals surface area contributed by atoms with E-state index in [0.717, 1.165) is 12.0 Å². The molecule has 0 saturated carbocycles. The Hall–Kier alpha value is -2.02. The van der Waals surface area contributed by atoms with E-state index < -0.39 is 12.1 Å². The average molecular weight is 316 g/mol. The summed E-state index contributed by atoms with van der Waals surface area (Å²) < 4.78 is 0. The van der Waals surface area contributed by atoms with Gasteiger partial charge < -0.3 is 10.4 Å². The summed E-state index contributed by atoms with van der Waals surface area (Å²) in [7, 11) is 0. The van der Waals surface area contributed by atoms with Crippen molar-refractivity contribution in [2.75, 3.05) is 0 Å². The van der Waals surface area contributed by atoms with Crippen molar-refractivity contribution < 1.29 is 9.90 Å². The van der Waals surface area contributed by atoms with Gasteiger partial charge in [-0.25, -0.2) is 4.79 Å². The lowest BCUT2D eigenvalue weighted by Gasteiger charge is -2.09. The quantitative estimate of drug-likeness (QED) is 0.582. The van der Waals surface area contributed by atoms with Crippen molar-refractivity contribution in [3.8, 4) is 6.07 Å². The molecule has 1 rings (SSSR count). The minimum Gasteiger partial charge on any atom is -0.465 e. The van der Waals surface area contributed by atoms with E-state index in [0.29, 0.717) is 12.8 Å². The maximum absolute atomic E-state index is 10.5. The molecule has 0 heterocycles. The van der Waals surface area contributed by atoms with E-state index in [1.54, 1.807) is 0 Å². The van der Waals surface area contributed by atoms with Crippen LogP contribution in [0.25, 0.3) is 0 Å². The number of hydrogen-bond donors (Lipinski definition) is 2. The van der Waals surface area contributed by atoms with Gasteiger partial charge in [-0.15, -0.1) is 0 Å². The third-order valence-electron chi connectivity index (χ3n) is 4.02. The summed E-state index contributed by atoms with van der Waals surface area (Å²) >= 11 is 0. The van der Waals surface area contributed by atoms with Gasteiger partial charge in [0, 0.05) is 0 Å². The lowest BCUT2D eigenvalue weighted by Crippen LogP contribution is -2.32. The number of benzene rings is 1. The fourth-order valence-corrected chi connectivity index (χ4v) is 2.61. The number of hydrogen-bond acceptors (Lipinski definition) is 2. The van der Waals surface area contributed by atoms with Crippen molar-refractivity contribution in [1.82, 2.24) is 5.32 Å². The summed E-state index contributed by atoms with van der Waals surface area (Å²) in [6.45, 7) is 2.23. The van der Waals surface area contributed by atoms with Crippen LogP contribution < -0.4 is 5.32 Å². The predicted molar refractivity (Wildman–Crippen MR) is 92.4 cm³/mol. The highest BCUT2D eigenvalue weighted by molar-refractivity contribution is 5.65.